The Hall–Kier alpha value is -3.61. The predicted molar refractivity (Wildman–Crippen MR) is 107 cm³/mol. The first-order valence-electron chi connectivity index (χ1n) is 9.23. The molecule has 0 aliphatic carbocycles. The van der Waals surface area contributed by atoms with Crippen LogP contribution in [0.3, 0.4) is 0 Å². The zero-order valence-corrected chi connectivity index (χ0v) is 16.5. The standard InChI is InChI=1S/C23H20F2N2O3/c1-14-4-3-5-17(15(14)2)13-27(12-16-6-7-21(23(29)30)26-11-16)22(28)18-8-19(24)10-20(25)9-18/h3-11H,12-13H2,1-2H3,(H,29,30). The zero-order valence-electron chi connectivity index (χ0n) is 16.5. The van der Waals surface area contributed by atoms with E-state index >= 15 is 0 Å². The molecule has 3 rings (SSSR count). The third-order valence-corrected chi connectivity index (χ3v) is 4.89. The van der Waals surface area contributed by atoms with Crippen molar-refractivity contribution in [3.63, 3.8) is 0 Å². The molecule has 1 N–H and O–H groups in total. The number of benzene rings is 2. The first-order chi connectivity index (χ1) is 14.2. The molecule has 5 nitrogen and oxygen atoms in total. The Morgan fingerprint density at radius 2 is 1.70 bits per heavy atom. The number of carboxylic acid groups (broad SMARTS) is 1. The second-order valence-corrected chi connectivity index (χ2v) is 7.04. The Labute approximate surface area is 172 Å². The second-order valence-electron chi connectivity index (χ2n) is 7.04. The number of carboxylic acids is 1. The van der Waals surface area contributed by atoms with Gasteiger partial charge in [0.15, 0.2) is 0 Å². The van der Waals surface area contributed by atoms with Crippen LogP contribution in [0.15, 0.2) is 54.7 Å². The molecule has 154 valence electrons. The fourth-order valence-corrected chi connectivity index (χ4v) is 3.11. The van der Waals surface area contributed by atoms with E-state index in [-0.39, 0.29) is 24.3 Å². The van der Waals surface area contributed by atoms with Crippen molar-refractivity contribution in [2.75, 3.05) is 0 Å². The van der Waals surface area contributed by atoms with E-state index in [1.807, 2.05) is 32.0 Å². The van der Waals surface area contributed by atoms with E-state index in [1.165, 1.54) is 17.2 Å². The van der Waals surface area contributed by atoms with E-state index in [0.717, 1.165) is 28.8 Å². The van der Waals surface area contributed by atoms with Crippen LogP contribution in [0.2, 0.25) is 0 Å². The van der Waals surface area contributed by atoms with Gasteiger partial charge in [0.25, 0.3) is 5.91 Å². The van der Waals surface area contributed by atoms with Crippen molar-refractivity contribution in [3.8, 4) is 0 Å². The average molecular weight is 410 g/mol. The lowest BCUT2D eigenvalue weighted by Gasteiger charge is -2.24. The van der Waals surface area contributed by atoms with Gasteiger partial charge in [-0.1, -0.05) is 24.3 Å². The highest BCUT2D eigenvalue weighted by atomic mass is 19.1. The summed E-state index contributed by atoms with van der Waals surface area (Å²) in [5.74, 6) is -3.37. The van der Waals surface area contributed by atoms with Gasteiger partial charge in [-0.15, -0.1) is 0 Å². The topological polar surface area (TPSA) is 70.5 Å². The third-order valence-electron chi connectivity index (χ3n) is 4.89. The molecule has 1 aromatic heterocycles. The molecule has 0 spiro atoms. The highest BCUT2D eigenvalue weighted by molar-refractivity contribution is 5.94. The fourth-order valence-electron chi connectivity index (χ4n) is 3.11. The van der Waals surface area contributed by atoms with Crippen LogP contribution >= 0.6 is 0 Å². The Balaban J connectivity index is 1.95. The van der Waals surface area contributed by atoms with E-state index in [1.54, 1.807) is 6.07 Å². The first kappa shape index (κ1) is 21.1. The van der Waals surface area contributed by atoms with Gasteiger partial charge in [-0.3, -0.25) is 4.79 Å². The van der Waals surface area contributed by atoms with Gasteiger partial charge in [-0.25, -0.2) is 18.6 Å². The quantitative estimate of drug-likeness (QED) is 0.649. The highest BCUT2D eigenvalue weighted by Crippen LogP contribution is 2.20. The lowest BCUT2D eigenvalue weighted by Crippen LogP contribution is -2.30. The van der Waals surface area contributed by atoms with Gasteiger partial charge in [-0.2, -0.15) is 0 Å². The number of aromatic nitrogens is 1. The van der Waals surface area contributed by atoms with Crippen molar-refractivity contribution in [1.29, 1.82) is 0 Å². The molecular weight excluding hydrogens is 390 g/mol. The summed E-state index contributed by atoms with van der Waals surface area (Å²) in [4.78, 5) is 29.4. The number of carbonyl (C=O) groups excluding carboxylic acids is 1. The minimum atomic E-state index is -1.15. The van der Waals surface area contributed by atoms with Crippen LogP contribution in [0.25, 0.3) is 0 Å². The van der Waals surface area contributed by atoms with Crippen LogP contribution in [0.1, 0.15) is 43.1 Å². The highest BCUT2D eigenvalue weighted by Gasteiger charge is 2.20. The summed E-state index contributed by atoms with van der Waals surface area (Å²) in [5.41, 5.74) is 3.35. The zero-order chi connectivity index (χ0) is 21.8. The third kappa shape index (κ3) is 4.86. The Morgan fingerprint density at radius 3 is 2.30 bits per heavy atom. The number of rotatable bonds is 6. The van der Waals surface area contributed by atoms with Crippen molar-refractivity contribution in [1.82, 2.24) is 9.88 Å². The minimum absolute atomic E-state index is 0.0945. The fraction of sp³-hybridized carbons (Fsp3) is 0.174. The van der Waals surface area contributed by atoms with Gasteiger partial charge in [0.2, 0.25) is 0 Å². The molecule has 0 atom stereocenters. The summed E-state index contributed by atoms with van der Waals surface area (Å²) in [5, 5.41) is 9.00. The van der Waals surface area contributed by atoms with Crippen molar-refractivity contribution < 1.29 is 23.5 Å². The van der Waals surface area contributed by atoms with Crippen molar-refractivity contribution >= 4 is 11.9 Å². The molecule has 1 heterocycles. The Morgan fingerprint density at radius 1 is 1.00 bits per heavy atom. The van der Waals surface area contributed by atoms with Gasteiger partial charge < -0.3 is 10.0 Å². The smallest absolute Gasteiger partial charge is 0.354 e. The van der Waals surface area contributed by atoms with Crippen LogP contribution < -0.4 is 0 Å². The van der Waals surface area contributed by atoms with Gasteiger partial charge in [0.1, 0.15) is 17.3 Å². The molecule has 0 saturated heterocycles. The summed E-state index contributed by atoms with van der Waals surface area (Å²) in [6, 6.07) is 11.3. The van der Waals surface area contributed by atoms with Crippen molar-refractivity contribution in [2.45, 2.75) is 26.9 Å². The summed E-state index contributed by atoms with van der Waals surface area (Å²) in [6.45, 7) is 4.21. The van der Waals surface area contributed by atoms with Crippen LogP contribution in [0.5, 0.6) is 0 Å². The Bertz CT molecular complexity index is 1080. The van der Waals surface area contributed by atoms with E-state index in [0.29, 0.717) is 11.6 Å². The lowest BCUT2D eigenvalue weighted by atomic mass is 10.0. The number of aryl methyl sites for hydroxylation is 1. The Kier molecular flexibility index (Phi) is 6.20. The van der Waals surface area contributed by atoms with E-state index in [4.69, 9.17) is 5.11 Å². The molecule has 3 aromatic rings. The van der Waals surface area contributed by atoms with Crippen molar-refractivity contribution in [3.05, 3.63) is 99.9 Å². The lowest BCUT2D eigenvalue weighted by molar-refractivity contribution is 0.0687. The molecule has 30 heavy (non-hydrogen) atoms. The average Bonchev–Trinajstić information content (AvgIpc) is 2.70. The molecular formula is C23H20F2N2O3. The molecule has 0 saturated carbocycles. The van der Waals surface area contributed by atoms with Gasteiger partial charge >= 0.3 is 5.97 Å². The molecule has 0 fully saturated rings. The van der Waals surface area contributed by atoms with Gasteiger partial charge in [0, 0.05) is 30.9 Å². The maximum Gasteiger partial charge on any atom is 0.354 e. The van der Waals surface area contributed by atoms with Gasteiger partial charge in [0.05, 0.1) is 0 Å². The molecule has 0 aliphatic rings. The number of carbonyl (C=O) groups is 2. The first-order valence-corrected chi connectivity index (χ1v) is 9.23. The molecule has 2 aromatic carbocycles. The second kappa shape index (κ2) is 8.82. The monoisotopic (exact) mass is 410 g/mol. The number of pyridine rings is 1. The van der Waals surface area contributed by atoms with Crippen LogP contribution in [-0.2, 0) is 13.1 Å². The number of hydrogen-bond donors (Lipinski definition) is 1. The van der Waals surface area contributed by atoms with Crippen LogP contribution in [0, 0.1) is 25.5 Å². The maximum absolute atomic E-state index is 13.7. The maximum atomic E-state index is 13.7. The largest absolute Gasteiger partial charge is 0.477 e. The number of nitrogens with zero attached hydrogens (tertiary/aromatic N) is 2. The number of halogens is 2. The minimum Gasteiger partial charge on any atom is -0.477 e. The number of aromatic carboxylic acids is 1. The molecule has 7 heteroatoms. The van der Waals surface area contributed by atoms with E-state index in [9.17, 15) is 18.4 Å². The number of amides is 1. The summed E-state index contributed by atoms with van der Waals surface area (Å²) in [6.07, 6.45) is 1.37. The van der Waals surface area contributed by atoms with Gasteiger partial charge in [-0.05, 0) is 54.3 Å². The van der Waals surface area contributed by atoms with Crippen LogP contribution in [0.4, 0.5) is 8.78 Å². The molecule has 0 radical (unpaired) electrons. The summed E-state index contributed by atoms with van der Waals surface area (Å²) < 4.78 is 27.3. The van der Waals surface area contributed by atoms with Crippen molar-refractivity contribution in [2.24, 2.45) is 0 Å². The summed E-state index contributed by atoms with van der Waals surface area (Å²) >= 11 is 0. The molecule has 0 bridgehead atoms. The molecule has 1 amide bonds. The number of hydrogen-bond acceptors (Lipinski definition) is 3. The van der Waals surface area contributed by atoms with Crippen LogP contribution in [-0.4, -0.2) is 26.9 Å². The van der Waals surface area contributed by atoms with E-state index < -0.39 is 23.5 Å². The van der Waals surface area contributed by atoms with E-state index in [2.05, 4.69) is 4.98 Å². The predicted octanol–water partition coefficient (Wildman–Crippen LogP) is 4.52. The normalized spacial score (nSPS) is 10.7. The molecule has 0 unspecified atom stereocenters. The molecule has 0 aliphatic heterocycles. The SMILES string of the molecule is Cc1cccc(CN(Cc2ccc(C(=O)O)nc2)C(=O)c2cc(F)cc(F)c2)c1C. The summed E-state index contributed by atoms with van der Waals surface area (Å²) in [7, 11) is 0.